The standard InChI is InChI=1S/C14H12FNO/c1-2-10-8-9-12(15)16-13(10)14(17)11-6-4-3-5-7-11/h3-9H,2H2,1H3. The first-order valence-electron chi connectivity index (χ1n) is 5.47. The molecule has 2 rings (SSSR count). The van der Waals surface area contributed by atoms with Crippen molar-refractivity contribution < 1.29 is 9.18 Å². The highest BCUT2D eigenvalue weighted by molar-refractivity contribution is 6.08. The number of pyridine rings is 1. The summed E-state index contributed by atoms with van der Waals surface area (Å²) < 4.78 is 13.1. The molecule has 0 amide bonds. The van der Waals surface area contributed by atoms with Crippen molar-refractivity contribution in [1.82, 2.24) is 4.98 Å². The van der Waals surface area contributed by atoms with Crippen molar-refractivity contribution in [3.05, 3.63) is 65.2 Å². The van der Waals surface area contributed by atoms with Crippen LogP contribution >= 0.6 is 0 Å². The lowest BCUT2D eigenvalue weighted by Gasteiger charge is -2.05. The minimum atomic E-state index is -0.624. The van der Waals surface area contributed by atoms with Crippen LogP contribution in [0.5, 0.6) is 0 Å². The number of carbonyl (C=O) groups is 1. The molecule has 0 N–H and O–H groups in total. The molecule has 0 bridgehead atoms. The van der Waals surface area contributed by atoms with Gasteiger partial charge in [-0.25, -0.2) is 4.98 Å². The number of aromatic nitrogens is 1. The molecule has 1 aromatic heterocycles. The first kappa shape index (κ1) is 11.5. The summed E-state index contributed by atoms with van der Waals surface area (Å²) in [4.78, 5) is 15.9. The Balaban J connectivity index is 2.47. The van der Waals surface area contributed by atoms with Gasteiger partial charge in [0.15, 0.2) is 0 Å². The van der Waals surface area contributed by atoms with Gasteiger partial charge in [-0.3, -0.25) is 4.79 Å². The van der Waals surface area contributed by atoms with Gasteiger partial charge in [-0.15, -0.1) is 0 Å². The fraction of sp³-hybridized carbons (Fsp3) is 0.143. The molecule has 86 valence electrons. The fourth-order valence-electron chi connectivity index (χ4n) is 1.67. The van der Waals surface area contributed by atoms with Crippen LogP contribution in [0.4, 0.5) is 4.39 Å². The molecule has 17 heavy (non-hydrogen) atoms. The van der Waals surface area contributed by atoms with E-state index in [9.17, 15) is 9.18 Å². The summed E-state index contributed by atoms with van der Waals surface area (Å²) >= 11 is 0. The van der Waals surface area contributed by atoms with Crippen LogP contribution in [0.3, 0.4) is 0 Å². The predicted octanol–water partition coefficient (Wildman–Crippen LogP) is 3.01. The van der Waals surface area contributed by atoms with E-state index in [4.69, 9.17) is 0 Å². The van der Waals surface area contributed by atoms with E-state index in [1.54, 1.807) is 30.3 Å². The molecule has 0 atom stereocenters. The first-order chi connectivity index (χ1) is 8.22. The summed E-state index contributed by atoms with van der Waals surface area (Å²) in [7, 11) is 0. The summed E-state index contributed by atoms with van der Waals surface area (Å²) in [6, 6.07) is 11.7. The Labute approximate surface area is 99.1 Å². The molecule has 1 heterocycles. The van der Waals surface area contributed by atoms with Gasteiger partial charge in [-0.1, -0.05) is 43.3 Å². The number of aryl methyl sites for hydroxylation is 1. The highest BCUT2D eigenvalue weighted by atomic mass is 19.1. The van der Waals surface area contributed by atoms with Crippen molar-refractivity contribution in [3.63, 3.8) is 0 Å². The van der Waals surface area contributed by atoms with E-state index in [1.807, 2.05) is 13.0 Å². The average molecular weight is 229 g/mol. The maximum atomic E-state index is 13.1. The Morgan fingerprint density at radius 1 is 1.18 bits per heavy atom. The number of benzene rings is 1. The van der Waals surface area contributed by atoms with Gasteiger partial charge >= 0.3 is 0 Å². The number of ketones is 1. The first-order valence-corrected chi connectivity index (χ1v) is 5.47. The number of carbonyl (C=O) groups excluding carboxylic acids is 1. The molecule has 0 saturated carbocycles. The number of hydrogen-bond acceptors (Lipinski definition) is 2. The van der Waals surface area contributed by atoms with Crippen molar-refractivity contribution in [3.8, 4) is 0 Å². The number of rotatable bonds is 3. The molecule has 0 radical (unpaired) electrons. The monoisotopic (exact) mass is 229 g/mol. The van der Waals surface area contributed by atoms with Crippen LogP contribution in [0.1, 0.15) is 28.5 Å². The molecule has 2 nitrogen and oxygen atoms in total. The minimum absolute atomic E-state index is 0.207. The van der Waals surface area contributed by atoms with Crippen LogP contribution in [0.2, 0.25) is 0 Å². The van der Waals surface area contributed by atoms with Crippen LogP contribution in [0.25, 0.3) is 0 Å². The third-order valence-corrected chi connectivity index (χ3v) is 2.58. The molecule has 0 unspecified atom stereocenters. The lowest BCUT2D eigenvalue weighted by atomic mass is 10.0. The minimum Gasteiger partial charge on any atom is -0.287 e. The normalized spacial score (nSPS) is 10.2. The highest BCUT2D eigenvalue weighted by Gasteiger charge is 2.15. The molecule has 0 aliphatic carbocycles. The summed E-state index contributed by atoms with van der Waals surface area (Å²) in [5.41, 5.74) is 1.50. The quantitative estimate of drug-likeness (QED) is 0.598. The van der Waals surface area contributed by atoms with E-state index in [-0.39, 0.29) is 11.5 Å². The van der Waals surface area contributed by atoms with Crippen molar-refractivity contribution in [2.75, 3.05) is 0 Å². The average Bonchev–Trinajstić information content (AvgIpc) is 2.39. The van der Waals surface area contributed by atoms with Gasteiger partial charge in [0.25, 0.3) is 0 Å². The lowest BCUT2D eigenvalue weighted by Crippen LogP contribution is -2.09. The number of halogens is 1. The second-order valence-electron chi connectivity index (χ2n) is 3.69. The van der Waals surface area contributed by atoms with Gasteiger partial charge in [-0.05, 0) is 18.1 Å². The van der Waals surface area contributed by atoms with E-state index >= 15 is 0 Å². The zero-order valence-electron chi connectivity index (χ0n) is 9.48. The summed E-state index contributed by atoms with van der Waals surface area (Å²) in [6.07, 6.45) is 0.654. The topological polar surface area (TPSA) is 30.0 Å². The third-order valence-electron chi connectivity index (χ3n) is 2.58. The Bertz CT molecular complexity index is 537. The molecule has 0 spiro atoms. The van der Waals surface area contributed by atoms with Gasteiger partial charge in [0.2, 0.25) is 11.7 Å². The highest BCUT2D eigenvalue weighted by Crippen LogP contribution is 2.13. The summed E-state index contributed by atoms with van der Waals surface area (Å²) in [5, 5.41) is 0. The van der Waals surface area contributed by atoms with Crippen LogP contribution in [-0.4, -0.2) is 10.8 Å². The molecule has 3 heteroatoms. The second kappa shape index (κ2) is 4.87. The smallest absolute Gasteiger partial charge is 0.213 e. The van der Waals surface area contributed by atoms with Crippen molar-refractivity contribution in [2.45, 2.75) is 13.3 Å². The molecule has 1 aromatic carbocycles. The molecular weight excluding hydrogens is 217 g/mol. The molecular formula is C14H12FNO. The lowest BCUT2D eigenvalue weighted by molar-refractivity contribution is 0.103. The molecule has 0 aliphatic heterocycles. The van der Waals surface area contributed by atoms with E-state index in [0.29, 0.717) is 12.0 Å². The third kappa shape index (κ3) is 2.38. The van der Waals surface area contributed by atoms with Gasteiger partial charge in [-0.2, -0.15) is 4.39 Å². The van der Waals surface area contributed by atoms with Gasteiger partial charge in [0.05, 0.1) is 0 Å². The van der Waals surface area contributed by atoms with E-state index in [0.717, 1.165) is 5.56 Å². The van der Waals surface area contributed by atoms with Gasteiger partial charge in [0.1, 0.15) is 5.69 Å². The van der Waals surface area contributed by atoms with Gasteiger partial charge in [0, 0.05) is 5.56 Å². The van der Waals surface area contributed by atoms with Crippen molar-refractivity contribution in [1.29, 1.82) is 0 Å². The van der Waals surface area contributed by atoms with Crippen LogP contribution in [-0.2, 0) is 6.42 Å². The Hall–Kier alpha value is -2.03. The van der Waals surface area contributed by atoms with E-state index in [1.165, 1.54) is 6.07 Å². The SMILES string of the molecule is CCc1ccc(F)nc1C(=O)c1ccccc1. The summed E-state index contributed by atoms with van der Waals surface area (Å²) in [6.45, 7) is 1.91. The van der Waals surface area contributed by atoms with E-state index < -0.39 is 5.95 Å². The molecule has 2 aromatic rings. The number of nitrogens with zero attached hydrogens (tertiary/aromatic N) is 1. The fourth-order valence-corrected chi connectivity index (χ4v) is 1.67. The van der Waals surface area contributed by atoms with Crippen LogP contribution in [0.15, 0.2) is 42.5 Å². The Kier molecular flexibility index (Phi) is 3.28. The Morgan fingerprint density at radius 2 is 1.88 bits per heavy atom. The molecule has 0 fully saturated rings. The molecule has 0 saturated heterocycles. The van der Waals surface area contributed by atoms with Crippen LogP contribution in [0, 0.1) is 5.95 Å². The number of hydrogen-bond donors (Lipinski definition) is 0. The maximum Gasteiger partial charge on any atom is 0.213 e. The Morgan fingerprint density at radius 3 is 2.53 bits per heavy atom. The zero-order valence-corrected chi connectivity index (χ0v) is 9.48. The summed E-state index contributed by atoms with van der Waals surface area (Å²) in [5.74, 6) is -0.858. The maximum absolute atomic E-state index is 13.1. The largest absolute Gasteiger partial charge is 0.287 e. The van der Waals surface area contributed by atoms with E-state index in [2.05, 4.69) is 4.98 Å². The van der Waals surface area contributed by atoms with Gasteiger partial charge < -0.3 is 0 Å². The van der Waals surface area contributed by atoms with Crippen molar-refractivity contribution >= 4 is 5.78 Å². The zero-order chi connectivity index (χ0) is 12.3. The molecule has 0 aliphatic rings. The predicted molar refractivity (Wildman–Crippen MR) is 63.4 cm³/mol. The van der Waals surface area contributed by atoms with Crippen LogP contribution < -0.4 is 0 Å². The second-order valence-corrected chi connectivity index (χ2v) is 3.69. The van der Waals surface area contributed by atoms with Crippen molar-refractivity contribution in [2.24, 2.45) is 0 Å².